The van der Waals surface area contributed by atoms with Gasteiger partial charge < -0.3 is 5.32 Å². The first-order chi connectivity index (χ1) is 6.27. The summed E-state index contributed by atoms with van der Waals surface area (Å²) in [6, 6.07) is 2.36. The van der Waals surface area contributed by atoms with E-state index in [-0.39, 0.29) is 17.9 Å². The Hall–Kier alpha value is -1.04. The Kier molecular flexibility index (Phi) is 3.75. The highest BCUT2D eigenvalue weighted by Gasteiger charge is 2.27. The smallest absolute Gasteiger partial charge is 0.220 e. The standard InChI is InChI=1S/C10H16N2O/c1-2-4-10(13)12-9-6-3-5-8(9)7-11/h8-9H,2-6H2,1H3,(H,12,13)/t8-,9-/m1/s1. The van der Waals surface area contributed by atoms with Gasteiger partial charge in [0.05, 0.1) is 12.0 Å². The average molecular weight is 180 g/mol. The maximum atomic E-state index is 11.2. The third kappa shape index (κ3) is 2.73. The van der Waals surface area contributed by atoms with Crippen molar-refractivity contribution in [3.63, 3.8) is 0 Å². The number of nitriles is 1. The number of carbonyl (C=O) groups excluding carboxylic acids is 1. The fourth-order valence-electron chi connectivity index (χ4n) is 1.79. The molecule has 1 aliphatic rings. The van der Waals surface area contributed by atoms with Gasteiger partial charge in [0.25, 0.3) is 0 Å². The van der Waals surface area contributed by atoms with Gasteiger partial charge in [-0.3, -0.25) is 4.79 Å². The van der Waals surface area contributed by atoms with E-state index < -0.39 is 0 Å². The maximum absolute atomic E-state index is 11.2. The van der Waals surface area contributed by atoms with Crippen molar-refractivity contribution in [3.8, 4) is 6.07 Å². The van der Waals surface area contributed by atoms with E-state index in [1.54, 1.807) is 0 Å². The van der Waals surface area contributed by atoms with Crippen molar-refractivity contribution in [2.75, 3.05) is 0 Å². The van der Waals surface area contributed by atoms with E-state index in [1.165, 1.54) is 0 Å². The number of amides is 1. The Morgan fingerprint density at radius 1 is 1.62 bits per heavy atom. The van der Waals surface area contributed by atoms with Gasteiger partial charge in [0.15, 0.2) is 0 Å². The highest BCUT2D eigenvalue weighted by molar-refractivity contribution is 5.76. The zero-order valence-corrected chi connectivity index (χ0v) is 8.05. The number of nitrogens with zero attached hydrogens (tertiary/aromatic N) is 1. The molecular formula is C10H16N2O. The summed E-state index contributed by atoms with van der Waals surface area (Å²) in [7, 11) is 0. The van der Waals surface area contributed by atoms with E-state index in [2.05, 4.69) is 11.4 Å². The lowest BCUT2D eigenvalue weighted by molar-refractivity contribution is -0.121. The van der Waals surface area contributed by atoms with Crippen molar-refractivity contribution in [1.29, 1.82) is 5.26 Å². The Balaban J connectivity index is 2.36. The second-order valence-corrected chi connectivity index (χ2v) is 3.59. The van der Waals surface area contributed by atoms with Crippen molar-refractivity contribution >= 4 is 5.91 Å². The van der Waals surface area contributed by atoms with Gasteiger partial charge in [-0.15, -0.1) is 0 Å². The molecule has 3 nitrogen and oxygen atoms in total. The van der Waals surface area contributed by atoms with Gasteiger partial charge in [-0.25, -0.2) is 0 Å². The molecule has 0 saturated heterocycles. The molecule has 72 valence electrons. The first-order valence-corrected chi connectivity index (χ1v) is 4.97. The zero-order valence-electron chi connectivity index (χ0n) is 8.05. The van der Waals surface area contributed by atoms with Crippen LogP contribution in [0.1, 0.15) is 39.0 Å². The number of nitrogens with one attached hydrogen (secondary N) is 1. The van der Waals surface area contributed by atoms with Gasteiger partial charge in [-0.05, 0) is 25.7 Å². The molecule has 0 radical (unpaired) electrons. The van der Waals surface area contributed by atoms with E-state index in [0.717, 1.165) is 25.7 Å². The largest absolute Gasteiger partial charge is 0.352 e. The van der Waals surface area contributed by atoms with Crippen LogP contribution in [0.3, 0.4) is 0 Å². The fourth-order valence-corrected chi connectivity index (χ4v) is 1.79. The number of hydrogen-bond donors (Lipinski definition) is 1. The van der Waals surface area contributed by atoms with Crippen LogP contribution in [0.5, 0.6) is 0 Å². The Bertz CT molecular complexity index is 219. The minimum atomic E-state index is 0.0424. The Labute approximate surface area is 79.1 Å². The molecule has 0 bridgehead atoms. The molecule has 0 heterocycles. The first-order valence-electron chi connectivity index (χ1n) is 4.97. The lowest BCUT2D eigenvalue weighted by Gasteiger charge is -2.14. The maximum Gasteiger partial charge on any atom is 0.220 e. The first kappa shape index (κ1) is 10.0. The summed E-state index contributed by atoms with van der Waals surface area (Å²) in [6.45, 7) is 1.98. The van der Waals surface area contributed by atoms with Gasteiger partial charge in [-0.2, -0.15) is 5.26 Å². The van der Waals surface area contributed by atoms with Crippen LogP contribution in [-0.2, 0) is 4.79 Å². The predicted molar refractivity (Wildman–Crippen MR) is 49.8 cm³/mol. The van der Waals surface area contributed by atoms with Crippen molar-refractivity contribution in [1.82, 2.24) is 5.32 Å². The number of rotatable bonds is 3. The van der Waals surface area contributed by atoms with Crippen LogP contribution in [0.2, 0.25) is 0 Å². The van der Waals surface area contributed by atoms with Crippen LogP contribution in [0, 0.1) is 17.2 Å². The van der Waals surface area contributed by atoms with Crippen LogP contribution in [-0.4, -0.2) is 11.9 Å². The summed E-state index contributed by atoms with van der Waals surface area (Å²) in [6.07, 6.45) is 4.42. The van der Waals surface area contributed by atoms with Crippen LogP contribution in [0.4, 0.5) is 0 Å². The Morgan fingerprint density at radius 2 is 2.38 bits per heavy atom. The van der Waals surface area contributed by atoms with E-state index in [4.69, 9.17) is 5.26 Å². The third-order valence-corrected chi connectivity index (χ3v) is 2.51. The lowest BCUT2D eigenvalue weighted by Crippen LogP contribution is -2.36. The molecule has 0 aromatic carbocycles. The second-order valence-electron chi connectivity index (χ2n) is 3.59. The molecule has 2 atom stereocenters. The number of carbonyl (C=O) groups is 1. The minimum absolute atomic E-state index is 0.0424. The Morgan fingerprint density at radius 3 is 3.00 bits per heavy atom. The van der Waals surface area contributed by atoms with Gasteiger partial charge >= 0.3 is 0 Å². The molecule has 1 aliphatic carbocycles. The lowest BCUT2D eigenvalue weighted by atomic mass is 10.1. The van der Waals surface area contributed by atoms with E-state index in [0.29, 0.717) is 6.42 Å². The summed E-state index contributed by atoms with van der Waals surface area (Å²) in [5.74, 6) is 0.135. The summed E-state index contributed by atoms with van der Waals surface area (Å²) in [5, 5.41) is 11.7. The molecule has 0 aromatic rings. The molecule has 0 spiro atoms. The van der Waals surface area contributed by atoms with Crippen molar-refractivity contribution in [3.05, 3.63) is 0 Å². The monoisotopic (exact) mass is 180 g/mol. The fraction of sp³-hybridized carbons (Fsp3) is 0.800. The third-order valence-electron chi connectivity index (χ3n) is 2.51. The topological polar surface area (TPSA) is 52.9 Å². The van der Waals surface area contributed by atoms with Crippen LogP contribution in [0.15, 0.2) is 0 Å². The quantitative estimate of drug-likeness (QED) is 0.717. The minimum Gasteiger partial charge on any atom is -0.352 e. The molecule has 1 amide bonds. The average Bonchev–Trinajstić information content (AvgIpc) is 2.52. The van der Waals surface area contributed by atoms with Gasteiger partial charge in [0, 0.05) is 12.5 Å². The predicted octanol–water partition coefficient (Wildman–Crippen LogP) is 1.59. The highest BCUT2D eigenvalue weighted by atomic mass is 16.1. The molecule has 0 aliphatic heterocycles. The van der Waals surface area contributed by atoms with E-state index in [9.17, 15) is 4.79 Å². The number of hydrogen-bond acceptors (Lipinski definition) is 2. The molecule has 3 heteroatoms. The van der Waals surface area contributed by atoms with Gasteiger partial charge in [0.2, 0.25) is 5.91 Å². The summed E-state index contributed by atoms with van der Waals surface area (Å²) < 4.78 is 0. The molecule has 1 fully saturated rings. The molecule has 0 unspecified atom stereocenters. The normalized spacial score (nSPS) is 26.8. The highest BCUT2D eigenvalue weighted by Crippen LogP contribution is 2.24. The second kappa shape index (κ2) is 4.86. The molecule has 13 heavy (non-hydrogen) atoms. The molecule has 1 N–H and O–H groups in total. The van der Waals surface area contributed by atoms with Crippen molar-refractivity contribution in [2.24, 2.45) is 5.92 Å². The van der Waals surface area contributed by atoms with Gasteiger partial charge in [0.1, 0.15) is 0 Å². The molecule has 0 aromatic heterocycles. The molecule has 1 saturated carbocycles. The molecular weight excluding hydrogens is 164 g/mol. The van der Waals surface area contributed by atoms with Crippen molar-refractivity contribution < 1.29 is 4.79 Å². The van der Waals surface area contributed by atoms with Crippen LogP contribution < -0.4 is 5.32 Å². The molecule has 1 rings (SSSR count). The zero-order chi connectivity index (χ0) is 9.68. The van der Waals surface area contributed by atoms with Gasteiger partial charge in [-0.1, -0.05) is 6.92 Å². The van der Waals surface area contributed by atoms with Crippen LogP contribution in [0.25, 0.3) is 0 Å². The summed E-state index contributed by atoms with van der Waals surface area (Å²) >= 11 is 0. The summed E-state index contributed by atoms with van der Waals surface area (Å²) in [4.78, 5) is 11.2. The van der Waals surface area contributed by atoms with E-state index in [1.807, 2.05) is 6.92 Å². The van der Waals surface area contributed by atoms with E-state index >= 15 is 0 Å². The van der Waals surface area contributed by atoms with Crippen molar-refractivity contribution in [2.45, 2.75) is 45.1 Å². The SMILES string of the molecule is CCCC(=O)N[C@@H]1CCC[C@@H]1C#N. The summed E-state index contributed by atoms with van der Waals surface area (Å²) in [5.41, 5.74) is 0. The van der Waals surface area contributed by atoms with Crippen LogP contribution >= 0.6 is 0 Å².